The van der Waals surface area contributed by atoms with Gasteiger partial charge in [0.2, 0.25) is 0 Å². The summed E-state index contributed by atoms with van der Waals surface area (Å²) >= 11 is 0. The lowest BCUT2D eigenvalue weighted by atomic mass is 9.82. The molecule has 1 aromatic heterocycles. The summed E-state index contributed by atoms with van der Waals surface area (Å²) in [6, 6.07) is 8.35. The molecule has 0 bridgehead atoms. The molecule has 2 aliphatic rings. The number of carbonyl (C=O) groups is 1. The highest BCUT2D eigenvalue weighted by atomic mass is 16.5. The quantitative estimate of drug-likeness (QED) is 0.833. The molecule has 0 atom stereocenters. The molecule has 4 rings (SSSR count). The summed E-state index contributed by atoms with van der Waals surface area (Å²) in [6.07, 6.45) is 8.33. The van der Waals surface area contributed by atoms with Crippen LogP contribution in [-0.2, 0) is 16.1 Å². The fraction of sp³-hybridized carbons (Fsp3) is 0.375. The molecule has 0 spiro atoms. The largest absolute Gasteiger partial charge is 0.377 e. The van der Waals surface area contributed by atoms with E-state index in [0.29, 0.717) is 12.5 Å². The highest BCUT2D eigenvalue weighted by Gasteiger charge is 2.27. The minimum Gasteiger partial charge on any atom is -0.377 e. The number of hydrogen-bond acceptors (Lipinski definition) is 2. The van der Waals surface area contributed by atoms with Crippen molar-refractivity contribution in [2.24, 2.45) is 0 Å². The van der Waals surface area contributed by atoms with E-state index >= 15 is 0 Å². The van der Waals surface area contributed by atoms with Crippen LogP contribution < -0.4 is 10.6 Å². The van der Waals surface area contributed by atoms with Gasteiger partial charge in [0.1, 0.15) is 6.61 Å². The average Bonchev–Trinajstić information content (AvgIpc) is 2.83. The van der Waals surface area contributed by atoms with Crippen molar-refractivity contribution >= 4 is 25.0 Å². The van der Waals surface area contributed by atoms with E-state index < -0.39 is 0 Å². The van der Waals surface area contributed by atoms with Crippen molar-refractivity contribution in [3.05, 3.63) is 51.5 Å². The minimum atomic E-state index is 0.0260. The van der Waals surface area contributed by atoms with E-state index in [9.17, 15) is 4.79 Å². The second-order valence-corrected chi connectivity index (χ2v) is 7.72. The van der Waals surface area contributed by atoms with E-state index in [1.807, 2.05) is 12.1 Å². The lowest BCUT2D eigenvalue weighted by Gasteiger charge is -2.23. The van der Waals surface area contributed by atoms with Gasteiger partial charge < -0.3 is 9.30 Å². The van der Waals surface area contributed by atoms with Gasteiger partial charge in [0.05, 0.1) is 12.2 Å². The summed E-state index contributed by atoms with van der Waals surface area (Å²) in [7, 11) is 1.56. The Balaban J connectivity index is 1.95. The lowest BCUT2D eigenvalue weighted by molar-refractivity contribution is -0.119. The van der Waals surface area contributed by atoms with Gasteiger partial charge in [-0.2, -0.15) is 0 Å². The fourth-order valence-corrected chi connectivity index (χ4v) is 4.67. The zero-order valence-corrected chi connectivity index (χ0v) is 16.1. The molecule has 27 heavy (non-hydrogen) atoms. The molecular weight excluding hydrogens is 334 g/mol. The van der Waals surface area contributed by atoms with Crippen molar-refractivity contribution < 1.29 is 9.53 Å². The molecule has 2 aromatic rings. The summed E-state index contributed by atoms with van der Waals surface area (Å²) in [4.78, 5) is 12.6. The number of ketones is 1. The van der Waals surface area contributed by atoms with Crippen LogP contribution in [-0.4, -0.2) is 24.1 Å². The molecule has 3 nitrogen and oxygen atoms in total. The summed E-state index contributed by atoms with van der Waals surface area (Å²) < 4.78 is 7.31. The number of rotatable bonds is 4. The van der Waals surface area contributed by atoms with Crippen LogP contribution in [0.25, 0.3) is 30.5 Å². The van der Waals surface area contributed by atoms with Gasteiger partial charge in [-0.3, -0.25) is 4.79 Å². The molecular formula is C24H27NO2. The van der Waals surface area contributed by atoms with Gasteiger partial charge in [-0.05, 0) is 41.2 Å². The molecule has 1 aliphatic carbocycles. The van der Waals surface area contributed by atoms with E-state index in [4.69, 9.17) is 4.74 Å². The second kappa shape index (κ2) is 7.32. The summed E-state index contributed by atoms with van der Waals surface area (Å²) in [5, 5.41) is 1.98. The third-order valence-electron chi connectivity index (χ3n) is 6.05. The second-order valence-electron chi connectivity index (χ2n) is 7.72. The molecule has 0 radical (unpaired) electrons. The van der Waals surface area contributed by atoms with Crippen LogP contribution >= 0.6 is 0 Å². The first-order chi connectivity index (χ1) is 13.1. The van der Waals surface area contributed by atoms with Gasteiger partial charge in [0.15, 0.2) is 5.78 Å². The van der Waals surface area contributed by atoms with Gasteiger partial charge in [0, 0.05) is 23.6 Å². The topological polar surface area (TPSA) is 31.2 Å². The molecule has 1 aliphatic heterocycles. The van der Waals surface area contributed by atoms with Gasteiger partial charge in [-0.1, -0.05) is 56.7 Å². The maximum absolute atomic E-state index is 12.6. The molecule has 1 aromatic carbocycles. The van der Waals surface area contributed by atoms with Crippen LogP contribution in [0.2, 0.25) is 0 Å². The molecule has 1 fully saturated rings. The number of fused-ring (bicyclic) bond motifs is 3. The zero-order valence-electron chi connectivity index (χ0n) is 16.1. The van der Waals surface area contributed by atoms with Crippen LogP contribution in [0.4, 0.5) is 0 Å². The first-order valence-corrected chi connectivity index (χ1v) is 9.84. The maximum atomic E-state index is 12.6. The molecule has 3 heteroatoms. The Morgan fingerprint density at radius 3 is 2.67 bits per heavy atom. The van der Waals surface area contributed by atoms with Crippen molar-refractivity contribution in [3.8, 4) is 11.3 Å². The fourth-order valence-electron chi connectivity index (χ4n) is 4.67. The molecule has 0 saturated heterocycles. The zero-order chi connectivity index (χ0) is 19.0. The van der Waals surface area contributed by atoms with E-state index in [2.05, 4.69) is 35.9 Å². The summed E-state index contributed by atoms with van der Waals surface area (Å²) in [6.45, 7) is 9.36. The van der Waals surface area contributed by atoms with Crippen LogP contribution in [0.5, 0.6) is 0 Å². The van der Waals surface area contributed by atoms with Crippen molar-refractivity contribution in [3.63, 3.8) is 0 Å². The third-order valence-corrected chi connectivity index (χ3v) is 6.05. The van der Waals surface area contributed by atoms with Gasteiger partial charge >= 0.3 is 0 Å². The monoisotopic (exact) mass is 361 g/mol. The lowest BCUT2D eigenvalue weighted by Crippen LogP contribution is -2.30. The SMILES string of the molecule is C=c1c(C2CCCCC2)c2n(c1=C)CC(C(=O)COC)=Cc1ccccc1-2. The van der Waals surface area contributed by atoms with Gasteiger partial charge in [-0.15, -0.1) is 0 Å². The Morgan fingerprint density at radius 1 is 1.19 bits per heavy atom. The number of nitrogens with zero attached hydrogens (tertiary/aromatic N) is 1. The maximum Gasteiger partial charge on any atom is 0.186 e. The van der Waals surface area contributed by atoms with Gasteiger partial charge in [-0.25, -0.2) is 0 Å². The summed E-state index contributed by atoms with van der Waals surface area (Å²) in [5.74, 6) is 0.561. The summed E-state index contributed by atoms with van der Waals surface area (Å²) in [5.41, 5.74) is 5.59. The third kappa shape index (κ3) is 3.10. The number of benzene rings is 1. The highest BCUT2D eigenvalue weighted by Crippen LogP contribution is 2.38. The molecule has 1 saturated carbocycles. The average molecular weight is 361 g/mol. The Bertz CT molecular complexity index is 1010. The Labute approximate surface area is 160 Å². The predicted octanol–water partition coefficient (Wildman–Crippen LogP) is 3.64. The number of ether oxygens (including phenoxy) is 1. The molecule has 2 heterocycles. The van der Waals surface area contributed by atoms with Gasteiger partial charge in [0.25, 0.3) is 0 Å². The number of Topliss-reactive ketones (excluding diaryl/α,β-unsaturated/α-hetero) is 1. The first kappa shape index (κ1) is 18.0. The number of hydrogen-bond donors (Lipinski definition) is 0. The molecule has 0 amide bonds. The standard InChI is InChI=1S/C24H27NO2/c1-16-17(2)25-14-20(22(26)15-27-3)13-19-11-7-8-12-21(19)24(25)23(16)18-9-5-4-6-10-18/h7-8,11-13,18H,1-2,4-6,9-10,14-15H2,3H3. The molecule has 0 unspecified atom stereocenters. The smallest absolute Gasteiger partial charge is 0.186 e. The van der Waals surface area contributed by atoms with Crippen molar-refractivity contribution in [1.82, 2.24) is 4.57 Å². The number of aromatic nitrogens is 1. The molecule has 0 N–H and O–H groups in total. The normalized spacial score (nSPS) is 17.0. The van der Waals surface area contributed by atoms with E-state index in [0.717, 1.165) is 21.7 Å². The van der Waals surface area contributed by atoms with Crippen molar-refractivity contribution in [2.75, 3.05) is 13.7 Å². The van der Waals surface area contributed by atoms with Crippen molar-refractivity contribution in [1.29, 1.82) is 0 Å². The predicted molar refractivity (Wildman–Crippen MR) is 111 cm³/mol. The van der Waals surface area contributed by atoms with E-state index in [1.165, 1.54) is 48.9 Å². The number of methoxy groups -OCH3 is 1. The van der Waals surface area contributed by atoms with Crippen LogP contribution in [0, 0.1) is 0 Å². The minimum absolute atomic E-state index is 0.0260. The van der Waals surface area contributed by atoms with E-state index in [1.54, 1.807) is 7.11 Å². The Morgan fingerprint density at radius 2 is 1.93 bits per heavy atom. The van der Waals surface area contributed by atoms with Crippen molar-refractivity contribution in [2.45, 2.75) is 44.6 Å². The Kier molecular flexibility index (Phi) is 4.88. The van der Waals surface area contributed by atoms with Crippen LogP contribution in [0.3, 0.4) is 0 Å². The van der Waals surface area contributed by atoms with Crippen LogP contribution in [0.15, 0.2) is 29.8 Å². The highest BCUT2D eigenvalue weighted by molar-refractivity contribution is 6.01. The first-order valence-electron chi connectivity index (χ1n) is 9.84. The number of carbonyl (C=O) groups excluding carboxylic acids is 1. The van der Waals surface area contributed by atoms with Crippen LogP contribution in [0.1, 0.15) is 49.1 Å². The van der Waals surface area contributed by atoms with E-state index in [-0.39, 0.29) is 12.4 Å². The Hall–Kier alpha value is -2.39. The molecule has 140 valence electrons.